The molecule has 39 heavy (non-hydrogen) atoms. The van der Waals surface area contributed by atoms with Crippen molar-refractivity contribution in [1.82, 2.24) is 14.9 Å². The zero-order valence-corrected chi connectivity index (χ0v) is 22.1. The van der Waals surface area contributed by atoms with Gasteiger partial charge in [-0.05, 0) is 59.5 Å². The van der Waals surface area contributed by atoms with Gasteiger partial charge in [-0.3, -0.25) is 0 Å². The number of aromatic nitrogens is 2. The molecule has 1 atom stereocenters. The summed E-state index contributed by atoms with van der Waals surface area (Å²) in [5, 5.41) is 0. The van der Waals surface area contributed by atoms with Crippen molar-refractivity contribution in [3.63, 3.8) is 0 Å². The van der Waals surface area contributed by atoms with Crippen molar-refractivity contribution in [2.45, 2.75) is 32.7 Å². The Bertz CT molecular complexity index is 1600. The highest BCUT2D eigenvalue weighted by molar-refractivity contribution is 5.83. The molecular formula is C32H32FN5O. The third-order valence-electron chi connectivity index (χ3n) is 7.70. The van der Waals surface area contributed by atoms with Gasteiger partial charge in [-0.15, -0.1) is 0 Å². The van der Waals surface area contributed by atoms with Crippen LogP contribution in [-0.4, -0.2) is 33.9 Å². The van der Waals surface area contributed by atoms with E-state index in [1.54, 1.807) is 6.33 Å². The number of ether oxygens (including phenoxy) is 1. The van der Waals surface area contributed by atoms with Crippen LogP contribution in [0.5, 0.6) is 5.75 Å². The number of allylic oxidation sites excluding steroid dienone is 2. The van der Waals surface area contributed by atoms with E-state index < -0.39 is 0 Å². The molecule has 0 fully saturated rings. The molecule has 0 spiro atoms. The van der Waals surface area contributed by atoms with E-state index in [1.807, 2.05) is 18.2 Å². The number of hydrogen-bond donors (Lipinski definition) is 2. The summed E-state index contributed by atoms with van der Waals surface area (Å²) in [6.07, 6.45) is 3.91. The largest absolute Gasteiger partial charge is 0.491 e. The van der Waals surface area contributed by atoms with Crippen molar-refractivity contribution in [3.05, 3.63) is 107 Å². The van der Waals surface area contributed by atoms with Gasteiger partial charge in [-0.1, -0.05) is 37.8 Å². The van der Waals surface area contributed by atoms with E-state index >= 15 is 0 Å². The maximum Gasteiger partial charge on any atom is 0.124 e. The van der Waals surface area contributed by atoms with E-state index in [1.165, 1.54) is 17.8 Å². The fourth-order valence-electron chi connectivity index (χ4n) is 5.71. The van der Waals surface area contributed by atoms with Crippen LogP contribution in [0.3, 0.4) is 0 Å². The summed E-state index contributed by atoms with van der Waals surface area (Å²) in [5.41, 5.74) is 15.6. The van der Waals surface area contributed by atoms with Crippen molar-refractivity contribution in [3.8, 4) is 16.9 Å². The number of hydrogen-bond acceptors (Lipinski definition) is 5. The number of fused-ring (bicyclic) bond motifs is 2. The molecule has 4 aromatic rings. The van der Waals surface area contributed by atoms with E-state index in [2.05, 4.69) is 63.7 Å². The molecule has 1 aromatic heterocycles. The molecule has 2 aliphatic rings. The lowest BCUT2D eigenvalue weighted by molar-refractivity contribution is 0.243. The van der Waals surface area contributed by atoms with Crippen LogP contribution in [0.1, 0.15) is 30.9 Å². The highest BCUT2D eigenvalue weighted by Gasteiger charge is 2.29. The molecule has 0 radical (unpaired) electrons. The molecule has 1 unspecified atom stereocenters. The molecule has 0 saturated carbocycles. The van der Waals surface area contributed by atoms with Gasteiger partial charge in [0.05, 0.1) is 29.6 Å². The Balaban J connectivity index is 1.40. The van der Waals surface area contributed by atoms with E-state index in [4.69, 9.17) is 10.5 Å². The van der Waals surface area contributed by atoms with Crippen LogP contribution in [0.4, 0.5) is 4.39 Å². The second-order valence-corrected chi connectivity index (χ2v) is 10.3. The van der Waals surface area contributed by atoms with Gasteiger partial charge in [0.2, 0.25) is 0 Å². The minimum absolute atomic E-state index is 0.191. The molecule has 3 aromatic carbocycles. The van der Waals surface area contributed by atoms with Crippen molar-refractivity contribution in [2.75, 3.05) is 13.2 Å². The van der Waals surface area contributed by atoms with Crippen molar-refractivity contribution < 1.29 is 9.13 Å². The first-order valence-electron chi connectivity index (χ1n) is 13.4. The Morgan fingerprint density at radius 2 is 1.90 bits per heavy atom. The number of aliphatic imine (C=N–C) groups is 1. The maximum absolute atomic E-state index is 13.6. The smallest absolute Gasteiger partial charge is 0.124 e. The molecule has 0 aliphatic carbocycles. The van der Waals surface area contributed by atoms with Gasteiger partial charge >= 0.3 is 0 Å². The van der Waals surface area contributed by atoms with Gasteiger partial charge < -0.3 is 20.4 Å². The van der Waals surface area contributed by atoms with Gasteiger partial charge in [-0.2, -0.15) is 0 Å². The Morgan fingerprint density at radius 3 is 2.72 bits per heavy atom. The number of nitrogens with zero attached hydrogens (tertiary/aromatic N) is 3. The van der Waals surface area contributed by atoms with E-state index in [-0.39, 0.29) is 11.7 Å². The van der Waals surface area contributed by atoms with Crippen molar-refractivity contribution in [1.29, 1.82) is 0 Å². The van der Waals surface area contributed by atoms with Crippen LogP contribution < -0.4 is 10.5 Å². The summed E-state index contributed by atoms with van der Waals surface area (Å²) in [6.45, 7) is 8.49. The van der Waals surface area contributed by atoms with Crippen LogP contribution in [0.15, 0.2) is 95.5 Å². The van der Waals surface area contributed by atoms with Gasteiger partial charge in [-0.25, -0.2) is 14.4 Å². The highest BCUT2D eigenvalue weighted by Crippen LogP contribution is 2.37. The van der Waals surface area contributed by atoms with E-state index in [0.29, 0.717) is 37.5 Å². The molecule has 6 rings (SSSR count). The molecule has 6 nitrogen and oxygen atoms in total. The van der Waals surface area contributed by atoms with Gasteiger partial charge in [0, 0.05) is 42.1 Å². The van der Waals surface area contributed by atoms with Crippen LogP contribution in [0.25, 0.3) is 22.2 Å². The highest BCUT2D eigenvalue weighted by atomic mass is 19.1. The first-order chi connectivity index (χ1) is 19.0. The summed E-state index contributed by atoms with van der Waals surface area (Å²) in [6, 6.07) is 19.3. The summed E-state index contributed by atoms with van der Waals surface area (Å²) in [4.78, 5) is 14.6. The molecule has 3 heterocycles. The normalized spacial score (nSPS) is 17.9. The maximum atomic E-state index is 13.6. The Hall–Kier alpha value is -4.39. The molecule has 198 valence electrons. The Labute approximate surface area is 227 Å². The van der Waals surface area contributed by atoms with Gasteiger partial charge in [0.15, 0.2) is 0 Å². The number of nitrogens with two attached hydrogens (primary N) is 1. The van der Waals surface area contributed by atoms with Crippen LogP contribution in [0.2, 0.25) is 0 Å². The number of rotatable bonds is 5. The summed E-state index contributed by atoms with van der Waals surface area (Å²) in [7, 11) is 0. The minimum atomic E-state index is -0.245. The molecule has 2 aliphatic heterocycles. The number of aromatic amines is 1. The third-order valence-corrected chi connectivity index (χ3v) is 7.70. The molecule has 0 amide bonds. The van der Waals surface area contributed by atoms with Crippen molar-refractivity contribution in [2.24, 2.45) is 16.6 Å². The lowest BCUT2D eigenvalue weighted by Gasteiger charge is -2.33. The van der Waals surface area contributed by atoms with Crippen LogP contribution in [-0.2, 0) is 13.0 Å². The number of nitrogens with one attached hydrogen (secondary N) is 1. The average molecular weight is 522 g/mol. The predicted octanol–water partition coefficient (Wildman–Crippen LogP) is 6.36. The number of imidazole rings is 1. The number of H-pyrrole nitrogens is 1. The minimum Gasteiger partial charge on any atom is -0.491 e. The second-order valence-electron chi connectivity index (χ2n) is 10.3. The summed E-state index contributed by atoms with van der Waals surface area (Å²) >= 11 is 0. The van der Waals surface area contributed by atoms with Crippen molar-refractivity contribution >= 4 is 16.9 Å². The third kappa shape index (κ3) is 5.04. The van der Waals surface area contributed by atoms with Crippen LogP contribution in [0, 0.1) is 11.7 Å². The topological polar surface area (TPSA) is 79.5 Å². The number of benzene rings is 3. The first kappa shape index (κ1) is 24.9. The zero-order valence-electron chi connectivity index (χ0n) is 22.1. The van der Waals surface area contributed by atoms with Crippen LogP contribution >= 0.6 is 0 Å². The standard InChI is InChI=1S/C32H32FN5O/c1-3-22-17-31(34)37-20(2)27(14-21-4-8-26(33)9-5-21)32(22)38-12-13-39-30-11-7-23(15-25(30)18-38)24-6-10-28-29(16-24)36-19-35-28/h4-11,15-16,19,22H,2-3,12-14,17-18H2,1H3,(H2,34,37)(H,35,36). The molecule has 7 heteroatoms. The molecule has 0 saturated heterocycles. The lowest BCUT2D eigenvalue weighted by atomic mass is 9.90. The number of halogens is 1. The quantitative estimate of drug-likeness (QED) is 0.320. The van der Waals surface area contributed by atoms with E-state index in [9.17, 15) is 4.39 Å². The zero-order chi connectivity index (χ0) is 26.9. The van der Waals surface area contributed by atoms with E-state index in [0.717, 1.165) is 57.6 Å². The van der Waals surface area contributed by atoms with Gasteiger partial charge in [0.25, 0.3) is 0 Å². The SMILES string of the molecule is C=C1N=C(N)CC(CC)C(N2CCOc3ccc(-c4ccc5nc[nH]c5c4)cc3C2)=C1Cc1ccc(F)cc1. The summed E-state index contributed by atoms with van der Waals surface area (Å²) < 4.78 is 19.9. The second kappa shape index (κ2) is 10.4. The fourth-order valence-corrected chi connectivity index (χ4v) is 5.71. The predicted molar refractivity (Wildman–Crippen MR) is 154 cm³/mol. The molecule has 0 bridgehead atoms. The first-order valence-corrected chi connectivity index (χ1v) is 13.4. The monoisotopic (exact) mass is 521 g/mol. The molecular weight excluding hydrogens is 489 g/mol. The Kier molecular flexibility index (Phi) is 6.65. The number of amidine groups is 1. The van der Waals surface area contributed by atoms with Gasteiger partial charge in [0.1, 0.15) is 24.0 Å². The summed E-state index contributed by atoms with van der Waals surface area (Å²) in [5.74, 6) is 1.45. The Morgan fingerprint density at radius 1 is 1.10 bits per heavy atom. The fraction of sp³-hybridized carbons (Fsp3) is 0.250. The lowest BCUT2D eigenvalue weighted by Crippen LogP contribution is -2.31. The average Bonchev–Trinajstić information content (AvgIpc) is 3.25. The molecule has 3 N–H and O–H groups in total.